The number of hydrogen-bond acceptors (Lipinski definition) is 4. The van der Waals surface area contributed by atoms with Crippen LogP contribution in [0.2, 0.25) is 0 Å². The Kier molecular flexibility index (Phi) is 3.47. The molecule has 4 aromatic rings. The monoisotopic (exact) mass is 356 g/mol. The second kappa shape index (κ2) is 5.99. The Bertz CT molecular complexity index is 1210. The van der Waals surface area contributed by atoms with E-state index in [0.29, 0.717) is 11.4 Å². The summed E-state index contributed by atoms with van der Waals surface area (Å²) in [6.45, 7) is 0. The van der Waals surface area contributed by atoms with Crippen molar-refractivity contribution in [2.24, 2.45) is 0 Å². The molecule has 0 spiro atoms. The highest BCUT2D eigenvalue weighted by molar-refractivity contribution is 5.91. The lowest BCUT2D eigenvalue weighted by Gasteiger charge is -2.28. The fraction of sp³-hybridized carbons (Fsp3) is 0.0909. The fourth-order valence-corrected chi connectivity index (χ4v) is 3.73. The fourth-order valence-electron chi connectivity index (χ4n) is 3.73. The van der Waals surface area contributed by atoms with Crippen molar-refractivity contribution in [1.29, 1.82) is 0 Å². The van der Waals surface area contributed by atoms with Crippen molar-refractivity contribution in [3.63, 3.8) is 0 Å². The smallest absolute Gasteiger partial charge is 0.258 e. The van der Waals surface area contributed by atoms with E-state index in [1.54, 1.807) is 7.11 Å². The summed E-state index contributed by atoms with van der Waals surface area (Å²) in [5.41, 5.74) is 2.25. The van der Waals surface area contributed by atoms with Crippen molar-refractivity contribution in [2.45, 2.75) is 5.92 Å². The lowest BCUT2D eigenvalue weighted by atomic mass is 9.83. The minimum atomic E-state index is -0.267. The summed E-state index contributed by atoms with van der Waals surface area (Å²) in [7, 11) is 1.63. The number of aromatic amines is 1. The van der Waals surface area contributed by atoms with Crippen LogP contribution in [0.1, 0.15) is 22.6 Å². The maximum absolute atomic E-state index is 12.6. The summed E-state index contributed by atoms with van der Waals surface area (Å²) in [4.78, 5) is 19.6. The molecule has 1 aliphatic rings. The summed E-state index contributed by atoms with van der Waals surface area (Å²) in [5.74, 6) is 1.60. The van der Waals surface area contributed by atoms with Crippen LogP contribution < -0.4 is 15.0 Å². The number of rotatable bonds is 2. The summed E-state index contributed by atoms with van der Waals surface area (Å²) in [5, 5.41) is 2.08. The van der Waals surface area contributed by atoms with Gasteiger partial charge in [0.05, 0.1) is 19.0 Å². The first-order valence-electron chi connectivity index (χ1n) is 8.67. The second-order valence-corrected chi connectivity index (χ2v) is 6.46. The molecule has 0 fully saturated rings. The minimum absolute atomic E-state index is 0.195. The molecule has 1 atom stereocenters. The van der Waals surface area contributed by atoms with E-state index in [9.17, 15) is 4.79 Å². The zero-order valence-electron chi connectivity index (χ0n) is 14.6. The van der Waals surface area contributed by atoms with Crippen molar-refractivity contribution in [2.75, 3.05) is 7.11 Å². The number of benzene rings is 3. The number of H-pyrrole nitrogens is 1. The Morgan fingerprint density at radius 1 is 1.04 bits per heavy atom. The molecule has 3 aromatic carbocycles. The molecule has 0 bridgehead atoms. The average Bonchev–Trinajstić information content (AvgIpc) is 2.72. The Hall–Kier alpha value is -3.60. The van der Waals surface area contributed by atoms with Gasteiger partial charge in [-0.15, -0.1) is 0 Å². The lowest BCUT2D eigenvalue weighted by molar-refractivity contribution is 0.414. The predicted octanol–water partition coefficient (Wildman–Crippen LogP) is 4.22. The SMILES string of the molecule is COc1ccc(C2c3ccc4ccccc4c3Oc3nc[nH]c(=O)c32)cc1. The second-order valence-electron chi connectivity index (χ2n) is 6.46. The summed E-state index contributed by atoms with van der Waals surface area (Å²) in [6.07, 6.45) is 1.38. The van der Waals surface area contributed by atoms with E-state index < -0.39 is 0 Å². The van der Waals surface area contributed by atoms with Gasteiger partial charge in [0, 0.05) is 16.9 Å². The number of nitrogens with one attached hydrogen (secondary N) is 1. The van der Waals surface area contributed by atoms with E-state index in [1.165, 1.54) is 6.33 Å². The van der Waals surface area contributed by atoms with Gasteiger partial charge in [0.25, 0.3) is 5.56 Å². The van der Waals surface area contributed by atoms with Crippen LogP contribution in [0.3, 0.4) is 0 Å². The van der Waals surface area contributed by atoms with Crippen molar-refractivity contribution in [3.05, 3.63) is 94.0 Å². The normalized spacial score (nSPS) is 14.9. The van der Waals surface area contributed by atoms with Crippen molar-refractivity contribution in [3.8, 4) is 17.4 Å². The molecule has 1 aliphatic heterocycles. The number of methoxy groups -OCH3 is 1. The molecule has 1 aromatic heterocycles. The third-order valence-electron chi connectivity index (χ3n) is 5.01. The van der Waals surface area contributed by atoms with E-state index in [1.807, 2.05) is 54.6 Å². The third-order valence-corrected chi connectivity index (χ3v) is 5.01. The topological polar surface area (TPSA) is 64.2 Å². The number of hydrogen-bond donors (Lipinski definition) is 1. The maximum Gasteiger partial charge on any atom is 0.258 e. The molecule has 0 saturated carbocycles. The van der Waals surface area contributed by atoms with E-state index in [2.05, 4.69) is 16.0 Å². The zero-order chi connectivity index (χ0) is 18.4. The highest BCUT2D eigenvalue weighted by atomic mass is 16.5. The van der Waals surface area contributed by atoms with Crippen LogP contribution in [0.4, 0.5) is 0 Å². The van der Waals surface area contributed by atoms with E-state index in [0.717, 1.165) is 33.4 Å². The summed E-state index contributed by atoms with van der Waals surface area (Å²) < 4.78 is 11.4. The van der Waals surface area contributed by atoms with Crippen molar-refractivity contribution >= 4 is 10.8 Å². The molecule has 1 unspecified atom stereocenters. The third kappa shape index (κ3) is 2.39. The number of ether oxygens (including phenoxy) is 2. The summed E-state index contributed by atoms with van der Waals surface area (Å²) >= 11 is 0. The van der Waals surface area contributed by atoms with Gasteiger partial charge in [-0.1, -0.05) is 48.5 Å². The number of fused-ring (bicyclic) bond motifs is 4. The Labute approximate surface area is 155 Å². The number of nitrogens with zero attached hydrogens (tertiary/aromatic N) is 1. The molecule has 5 heteroatoms. The van der Waals surface area contributed by atoms with E-state index >= 15 is 0 Å². The summed E-state index contributed by atoms with van der Waals surface area (Å²) in [6, 6.07) is 19.9. The molecule has 0 aliphatic carbocycles. The molecule has 2 heterocycles. The molecule has 27 heavy (non-hydrogen) atoms. The Morgan fingerprint density at radius 3 is 2.67 bits per heavy atom. The quantitative estimate of drug-likeness (QED) is 0.514. The molecule has 5 rings (SSSR count). The van der Waals surface area contributed by atoms with Gasteiger partial charge in [0.1, 0.15) is 11.5 Å². The van der Waals surface area contributed by atoms with Crippen molar-refractivity contribution < 1.29 is 9.47 Å². The maximum atomic E-state index is 12.6. The first-order chi connectivity index (χ1) is 13.3. The molecule has 132 valence electrons. The Morgan fingerprint density at radius 2 is 1.85 bits per heavy atom. The molecular formula is C22H16N2O3. The van der Waals surface area contributed by atoms with Gasteiger partial charge in [-0.3, -0.25) is 4.79 Å². The molecular weight excluding hydrogens is 340 g/mol. The van der Waals surface area contributed by atoms with Gasteiger partial charge in [0.2, 0.25) is 5.88 Å². The highest BCUT2D eigenvalue weighted by Gasteiger charge is 2.33. The van der Waals surface area contributed by atoms with Crippen LogP contribution >= 0.6 is 0 Å². The highest BCUT2D eigenvalue weighted by Crippen LogP contribution is 2.47. The zero-order valence-corrected chi connectivity index (χ0v) is 14.6. The first kappa shape index (κ1) is 15.6. The molecule has 0 amide bonds. The first-order valence-corrected chi connectivity index (χ1v) is 8.67. The van der Waals surface area contributed by atoms with Gasteiger partial charge < -0.3 is 14.5 Å². The molecule has 0 radical (unpaired) electrons. The van der Waals surface area contributed by atoms with Gasteiger partial charge in [-0.05, 0) is 23.1 Å². The molecule has 0 saturated heterocycles. The van der Waals surface area contributed by atoms with Crippen LogP contribution in [-0.4, -0.2) is 17.1 Å². The lowest BCUT2D eigenvalue weighted by Crippen LogP contribution is -2.23. The van der Waals surface area contributed by atoms with Crippen LogP contribution in [0, 0.1) is 0 Å². The molecule has 1 N–H and O–H groups in total. The van der Waals surface area contributed by atoms with Gasteiger partial charge >= 0.3 is 0 Å². The number of aromatic nitrogens is 2. The standard InChI is InChI=1S/C22H16N2O3/c1-26-15-9-6-14(7-10-15)18-17-11-8-13-4-2-3-5-16(13)20(17)27-22-19(18)21(25)23-12-24-22/h2-12,18H,1H3,(H,23,24,25). The minimum Gasteiger partial charge on any atom is -0.497 e. The van der Waals surface area contributed by atoms with Crippen LogP contribution in [0.15, 0.2) is 71.8 Å². The van der Waals surface area contributed by atoms with Crippen molar-refractivity contribution in [1.82, 2.24) is 9.97 Å². The van der Waals surface area contributed by atoms with Gasteiger partial charge in [-0.2, -0.15) is 0 Å². The largest absolute Gasteiger partial charge is 0.497 e. The van der Waals surface area contributed by atoms with Crippen LogP contribution in [-0.2, 0) is 0 Å². The Balaban J connectivity index is 1.81. The predicted molar refractivity (Wildman–Crippen MR) is 103 cm³/mol. The average molecular weight is 356 g/mol. The van der Waals surface area contributed by atoms with Crippen LogP contribution in [0.5, 0.6) is 17.4 Å². The van der Waals surface area contributed by atoms with Gasteiger partial charge in [-0.25, -0.2) is 4.98 Å². The van der Waals surface area contributed by atoms with E-state index in [-0.39, 0.29) is 11.5 Å². The molecule has 5 nitrogen and oxygen atoms in total. The van der Waals surface area contributed by atoms with Gasteiger partial charge in [0.15, 0.2) is 0 Å². The van der Waals surface area contributed by atoms with Crippen LogP contribution in [0.25, 0.3) is 10.8 Å². The van der Waals surface area contributed by atoms with E-state index in [4.69, 9.17) is 9.47 Å².